The van der Waals surface area contributed by atoms with E-state index in [1.165, 1.54) is 11.8 Å². The number of benzene rings is 1. The number of hydrogen-bond donors (Lipinski definition) is 1. The molecule has 0 saturated carbocycles. The van der Waals surface area contributed by atoms with Crippen LogP contribution in [0.15, 0.2) is 35.3 Å². The number of amides is 1. The number of aliphatic imine (C=N–C) groups is 1. The Morgan fingerprint density at radius 3 is 2.79 bits per heavy atom. The lowest BCUT2D eigenvalue weighted by Gasteiger charge is -2.12. The molecule has 0 bridgehead atoms. The molecule has 3 nitrogen and oxygen atoms in total. The first kappa shape index (κ1) is 9.27. The summed E-state index contributed by atoms with van der Waals surface area (Å²) in [5, 5.41) is 2.73. The Bertz CT molecular complexity index is 362. The van der Waals surface area contributed by atoms with Gasteiger partial charge in [-0.25, -0.2) is 4.99 Å². The summed E-state index contributed by atoms with van der Waals surface area (Å²) in [6.45, 7) is 0. The molecule has 0 radical (unpaired) electrons. The van der Waals surface area contributed by atoms with Gasteiger partial charge < -0.3 is 5.32 Å². The Labute approximate surface area is 86.6 Å². The largest absolute Gasteiger partial charge is 0.305 e. The quantitative estimate of drug-likeness (QED) is 0.767. The fourth-order valence-corrected chi connectivity index (χ4v) is 1.87. The Kier molecular flexibility index (Phi) is 2.84. The highest BCUT2D eigenvalue weighted by molar-refractivity contribution is 8.13. The van der Waals surface area contributed by atoms with Gasteiger partial charge >= 0.3 is 0 Å². The minimum atomic E-state index is -0.00840. The highest BCUT2D eigenvalue weighted by Crippen LogP contribution is 2.15. The molecular formula is C10H10N2OS. The van der Waals surface area contributed by atoms with E-state index in [1.807, 2.05) is 30.3 Å². The van der Waals surface area contributed by atoms with Gasteiger partial charge in [-0.3, -0.25) is 4.79 Å². The lowest BCUT2D eigenvalue weighted by Crippen LogP contribution is -2.31. The van der Waals surface area contributed by atoms with E-state index in [0.29, 0.717) is 0 Å². The Hall–Kier alpha value is -1.29. The molecule has 1 saturated heterocycles. The van der Waals surface area contributed by atoms with Crippen molar-refractivity contribution in [3.8, 4) is 0 Å². The first-order valence-electron chi connectivity index (χ1n) is 4.41. The SMILES string of the molecule is O=C1NC(=Nc2ccccc2)CCS1. The van der Waals surface area contributed by atoms with Crippen LogP contribution in [0.3, 0.4) is 0 Å². The van der Waals surface area contributed by atoms with E-state index in [9.17, 15) is 4.79 Å². The normalized spacial score (nSPS) is 19.4. The minimum Gasteiger partial charge on any atom is -0.305 e. The van der Waals surface area contributed by atoms with Gasteiger partial charge in [0.05, 0.1) is 5.69 Å². The van der Waals surface area contributed by atoms with Crippen molar-refractivity contribution in [1.82, 2.24) is 5.32 Å². The molecule has 1 aromatic rings. The molecule has 2 rings (SSSR count). The maximum absolute atomic E-state index is 11.0. The van der Waals surface area contributed by atoms with Crippen LogP contribution in [0, 0.1) is 0 Å². The number of amidine groups is 1. The first-order chi connectivity index (χ1) is 6.84. The van der Waals surface area contributed by atoms with Crippen molar-refractivity contribution in [2.75, 3.05) is 5.75 Å². The molecule has 1 N–H and O–H groups in total. The van der Waals surface area contributed by atoms with Crippen molar-refractivity contribution < 1.29 is 4.79 Å². The highest BCUT2D eigenvalue weighted by Gasteiger charge is 2.13. The van der Waals surface area contributed by atoms with Gasteiger partial charge in [-0.1, -0.05) is 30.0 Å². The minimum absolute atomic E-state index is 0.00840. The van der Waals surface area contributed by atoms with Crippen molar-refractivity contribution in [1.29, 1.82) is 0 Å². The van der Waals surface area contributed by atoms with Crippen LogP contribution >= 0.6 is 11.8 Å². The summed E-state index contributed by atoms with van der Waals surface area (Å²) in [5.74, 6) is 1.58. The summed E-state index contributed by atoms with van der Waals surface area (Å²) < 4.78 is 0. The molecule has 0 unspecified atom stereocenters. The van der Waals surface area contributed by atoms with Gasteiger partial charge in [0, 0.05) is 12.2 Å². The molecule has 0 aromatic heterocycles. The van der Waals surface area contributed by atoms with Gasteiger partial charge in [-0.15, -0.1) is 0 Å². The number of carbonyl (C=O) groups excluding carboxylic acids is 1. The fourth-order valence-electron chi connectivity index (χ4n) is 1.20. The lowest BCUT2D eigenvalue weighted by molar-refractivity contribution is 0.264. The number of hydrogen-bond acceptors (Lipinski definition) is 3. The maximum atomic E-state index is 11.0. The van der Waals surface area contributed by atoms with E-state index in [1.54, 1.807) is 0 Å². The summed E-state index contributed by atoms with van der Waals surface area (Å²) in [5.41, 5.74) is 0.884. The Balaban J connectivity index is 2.14. The molecule has 1 aliphatic heterocycles. The number of para-hydroxylation sites is 1. The summed E-state index contributed by atoms with van der Waals surface area (Å²) in [4.78, 5) is 15.4. The average Bonchev–Trinajstić information content (AvgIpc) is 2.19. The van der Waals surface area contributed by atoms with Crippen molar-refractivity contribution in [3.05, 3.63) is 30.3 Å². The van der Waals surface area contributed by atoms with Gasteiger partial charge in [-0.05, 0) is 12.1 Å². The van der Waals surface area contributed by atoms with Gasteiger partial charge in [0.1, 0.15) is 5.84 Å². The van der Waals surface area contributed by atoms with E-state index in [4.69, 9.17) is 0 Å². The van der Waals surface area contributed by atoms with Crippen molar-refractivity contribution in [2.45, 2.75) is 6.42 Å². The predicted octanol–water partition coefficient (Wildman–Crippen LogP) is 2.56. The van der Waals surface area contributed by atoms with E-state index in [-0.39, 0.29) is 5.24 Å². The molecule has 0 aliphatic carbocycles. The van der Waals surface area contributed by atoms with Crippen LogP contribution in [0.4, 0.5) is 10.5 Å². The van der Waals surface area contributed by atoms with E-state index < -0.39 is 0 Å². The highest BCUT2D eigenvalue weighted by atomic mass is 32.2. The molecule has 1 fully saturated rings. The third-order valence-corrected chi connectivity index (χ3v) is 2.61. The van der Waals surface area contributed by atoms with Crippen LogP contribution < -0.4 is 5.32 Å². The first-order valence-corrected chi connectivity index (χ1v) is 5.39. The standard InChI is InChI=1S/C10H10N2OS/c13-10-12-9(6-7-14-10)11-8-4-2-1-3-5-8/h1-5H,6-7H2,(H,11,12,13). The molecule has 4 heteroatoms. The molecule has 72 valence electrons. The van der Waals surface area contributed by atoms with Gasteiger partial charge in [0.2, 0.25) is 0 Å². The lowest BCUT2D eigenvalue weighted by atomic mass is 10.3. The maximum Gasteiger partial charge on any atom is 0.284 e. The molecular weight excluding hydrogens is 196 g/mol. The van der Waals surface area contributed by atoms with E-state index in [2.05, 4.69) is 10.3 Å². The van der Waals surface area contributed by atoms with Crippen LogP contribution in [0.1, 0.15) is 6.42 Å². The molecule has 1 heterocycles. The van der Waals surface area contributed by atoms with E-state index >= 15 is 0 Å². The molecule has 0 atom stereocenters. The second-order valence-corrected chi connectivity index (χ2v) is 3.97. The number of thioether (sulfide) groups is 1. The predicted molar refractivity (Wildman–Crippen MR) is 59.1 cm³/mol. The van der Waals surface area contributed by atoms with Crippen LogP contribution in [0.2, 0.25) is 0 Å². The van der Waals surface area contributed by atoms with Crippen molar-refractivity contribution in [3.63, 3.8) is 0 Å². The summed E-state index contributed by atoms with van der Waals surface area (Å²) >= 11 is 1.30. The molecule has 1 aromatic carbocycles. The number of nitrogens with one attached hydrogen (secondary N) is 1. The van der Waals surface area contributed by atoms with Gasteiger partial charge in [-0.2, -0.15) is 0 Å². The smallest absolute Gasteiger partial charge is 0.284 e. The zero-order valence-corrected chi connectivity index (χ0v) is 8.38. The molecule has 1 aliphatic rings. The summed E-state index contributed by atoms with van der Waals surface area (Å²) in [7, 11) is 0. The number of nitrogens with zero attached hydrogens (tertiary/aromatic N) is 1. The van der Waals surface area contributed by atoms with Crippen LogP contribution in [-0.2, 0) is 0 Å². The third-order valence-electron chi connectivity index (χ3n) is 1.84. The molecule has 1 amide bonds. The molecule has 0 spiro atoms. The monoisotopic (exact) mass is 206 g/mol. The summed E-state index contributed by atoms with van der Waals surface area (Å²) in [6.07, 6.45) is 0.825. The van der Waals surface area contributed by atoms with Crippen molar-refractivity contribution >= 4 is 28.5 Å². The number of carbonyl (C=O) groups is 1. The van der Waals surface area contributed by atoms with Crippen LogP contribution in [0.5, 0.6) is 0 Å². The van der Waals surface area contributed by atoms with Crippen molar-refractivity contribution in [2.24, 2.45) is 4.99 Å². The topological polar surface area (TPSA) is 41.5 Å². The number of rotatable bonds is 1. The van der Waals surface area contributed by atoms with Crippen LogP contribution in [0.25, 0.3) is 0 Å². The van der Waals surface area contributed by atoms with Gasteiger partial charge in [0.25, 0.3) is 5.24 Å². The second-order valence-electron chi connectivity index (χ2n) is 2.90. The average molecular weight is 206 g/mol. The summed E-state index contributed by atoms with van der Waals surface area (Å²) in [6, 6.07) is 9.64. The third kappa shape index (κ3) is 2.35. The Morgan fingerprint density at radius 2 is 2.07 bits per heavy atom. The van der Waals surface area contributed by atoms with Crippen LogP contribution in [-0.4, -0.2) is 16.8 Å². The van der Waals surface area contributed by atoms with E-state index in [0.717, 1.165) is 23.7 Å². The second kappa shape index (κ2) is 4.28. The molecule has 14 heavy (non-hydrogen) atoms. The van der Waals surface area contributed by atoms with Gasteiger partial charge in [0.15, 0.2) is 0 Å². The zero-order valence-electron chi connectivity index (χ0n) is 7.56. The fraction of sp³-hybridized carbons (Fsp3) is 0.200. The zero-order chi connectivity index (χ0) is 9.80. The Morgan fingerprint density at radius 1 is 1.29 bits per heavy atom.